The molecule has 1 unspecified atom stereocenters. The Bertz CT molecular complexity index is 627. The molecule has 5 nitrogen and oxygen atoms in total. The average Bonchev–Trinajstić information content (AvgIpc) is 2.58. The molecule has 3 N–H and O–H groups in total. The molecule has 0 bridgehead atoms. The molecular weight excluding hydrogens is 292 g/mol. The third kappa shape index (κ3) is 4.22. The van der Waals surface area contributed by atoms with Crippen LogP contribution < -0.4 is 10.1 Å². The largest absolute Gasteiger partial charge is 0.508 e. The molecule has 1 heterocycles. The number of benzene rings is 2. The molecule has 0 saturated carbocycles. The molecule has 23 heavy (non-hydrogen) atoms. The van der Waals surface area contributed by atoms with Crippen molar-refractivity contribution in [2.24, 2.45) is 0 Å². The van der Waals surface area contributed by atoms with Gasteiger partial charge in [-0.3, -0.25) is 4.90 Å². The number of nitrogens with zero attached hydrogens (tertiary/aromatic N) is 1. The molecule has 2 aromatic carbocycles. The summed E-state index contributed by atoms with van der Waals surface area (Å²) in [5.74, 6) is 1.41. The Kier molecular flexibility index (Phi) is 5.12. The maximum absolute atomic E-state index is 10.5. The van der Waals surface area contributed by atoms with Crippen LogP contribution in [0.3, 0.4) is 0 Å². The van der Waals surface area contributed by atoms with Gasteiger partial charge in [-0.25, -0.2) is 0 Å². The Labute approximate surface area is 136 Å². The van der Waals surface area contributed by atoms with Crippen LogP contribution in [0.5, 0.6) is 17.2 Å². The molecule has 0 radical (unpaired) electrons. The minimum atomic E-state index is -0.743. The number of hydrogen-bond acceptors (Lipinski definition) is 5. The van der Waals surface area contributed by atoms with Crippen molar-refractivity contribution < 1.29 is 14.9 Å². The normalized spacial score (nSPS) is 16.9. The summed E-state index contributed by atoms with van der Waals surface area (Å²) in [5.41, 5.74) is 0.497. The van der Waals surface area contributed by atoms with Crippen LogP contribution in [0, 0.1) is 0 Å². The average molecular weight is 314 g/mol. The molecule has 1 saturated heterocycles. The molecule has 2 aromatic rings. The van der Waals surface area contributed by atoms with Gasteiger partial charge >= 0.3 is 0 Å². The first-order valence-corrected chi connectivity index (χ1v) is 7.89. The summed E-state index contributed by atoms with van der Waals surface area (Å²) in [6.07, 6.45) is -0.743. The third-order valence-electron chi connectivity index (χ3n) is 3.98. The third-order valence-corrected chi connectivity index (χ3v) is 3.98. The van der Waals surface area contributed by atoms with E-state index >= 15 is 0 Å². The van der Waals surface area contributed by atoms with Crippen LogP contribution in [-0.2, 0) is 0 Å². The monoisotopic (exact) mass is 314 g/mol. The number of para-hydroxylation sites is 1. The van der Waals surface area contributed by atoms with Gasteiger partial charge in [0.2, 0.25) is 0 Å². The van der Waals surface area contributed by atoms with E-state index in [4.69, 9.17) is 4.74 Å². The zero-order valence-electron chi connectivity index (χ0n) is 13.0. The van der Waals surface area contributed by atoms with Crippen LogP contribution in [0.2, 0.25) is 0 Å². The van der Waals surface area contributed by atoms with Gasteiger partial charge in [-0.1, -0.05) is 18.2 Å². The smallest absolute Gasteiger partial charge is 0.128 e. The molecule has 0 aliphatic carbocycles. The fourth-order valence-electron chi connectivity index (χ4n) is 2.72. The van der Waals surface area contributed by atoms with Crippen molar-refractivity contribution in [3.63, 3.8) is 0 Å². The molecule has 0 spiro atoms. The van der Waals surface area contributed by atoms with Crippen molar-refractivity contribution in [1.82, 2.24) is 10.2 Å². The Hall–Kier alpha value is -2.08. The number of piperazine rings is 1. The number of aromatic hydroxyl groups is 1. The Morgan fingerprint density at radius 3 is 2.52 bits per heavy atom. The summed E-state index contributed by atoms with van der Waals surface area (Å²) >= 11 is 0. The van der Waals surface area contributed by atoms with E-state index in [0.717, 1.165) is 31.9 Å². The second-order valence-electron chi connectivity index (χ2n) is 5.70. The molecule has 0 amide bonds. The van der Waals surface area contributed by atoms with Crippen molar-refractivity contribution >= 4 is 0 Å². The van der Waals surface area contributed by atoms with Crippen molar-refractivity contribution in [2.45, 2.75) is 6.10 Å². The second-order valence-corrected chi connectivity index (χ2v) is 5.70. The van der Waals surface area contributed by atoms with E-state index in [9.17, 15) is 10.2 Å². The molecular formula is C18H22N2O3. The van der Waals surface area contributed by atoms with Gasteiger partial charge in [-0.15, -0.1) is 0 Å². The van der Waals surface area contributed by atoms with E-state index in [1.165, 1.54) is 0 Å². The van der Waals surface area contributed by atoms with Crippen molar-refractivity contribution in [3.8, 4) is 17.2 Å². The summed E-state index contributed by atoms with van der Waals surface area (Å²) in [7, 11) is 0. The molecule has 3 rings (SSSR count). The molecule has 1 aliphatic heterocycles. The van der Waals surface area contributed by atoms with E-state index in [2.05, 4.69) is 10.2 Å². The second kappa shape index (κ2) is 7.46. The number of phenolic OH excluding ortho intramolecular Hbond substituents is 1. The maximum Gasteiger partial charge on any atom is 0.128 e. The van der Waals surface area contributed by atoms with Gasteiger partial charge in [-0.2, -0.15) is 0 Å². The fourth-order valence-corrected chi connectivity index (χ4v) is 2.72. The van der Waals surface area contributed by atoms with E-state index in [0.29, 0.717) is 17.9 Å². The minimum absolute atomic E-state index is 0.0908. The van der Waals surface area contributed by atoms with Crippen molar-refractivity contribution in [2.75, 3.05) is 32.7 Å². The summed E-state index contributed by atoms with van der Waals surface area (Å²) in [5, 5.41) is 23.8. The number of aliphatic hydroxyl groups excluding tert-OH is 1. The van der Waals surface area contributed by atoms with E-state index in [1.54, 1.807) is 18.2 Å². The number of ether oxygens (including phenoxy) is 1. The maximum atomic E-state index is 10.5. The van der Waals surface area contributed by atoms with E-state index in [1.807, 2.05) is 30.3 Å². The topological polar surface area (TPSA) is 65.0 Å². The predicted octanol–water partition coefficient (Wildman–Crippen LogP) is 2.12. The summed E-state index contributed by atoms with van der Waals surface area (Å²) in [6, 6.07) is 14.4. The van der Waals surface area contributed by atoms with Gasteiger partial charge in [0.1, 0.15) is 17.2 Å². The molecule has 1 atom stereocenters. The number of phenols is 1. The number of β-amino-alcohol motifs (C(OH)–C–C–N with tert-alkyl or cyclic N) is 1. The minimum Gasteiger partial charge on any atom is -0.508 e. The Morgan fingerprint density at radius 2 is 1.78 bits per heavy atom. The van der Waals surface area contributed by atoms with Gasteiger partial charge < -0.3 is 20.3 Å². The SMILES string of the molecule is Oc1ccc(Oc2ccccc2)cc1C(O)CN1CCNCC1. The van der Waals surface area contributed by atoms with E-state index in [-0.39, 0.29) is 5.75 Å². The summed E-state index contributed by atoms with van der Waals surface area (Å²) < 4.78 is 5.77. The Morgan fingerprint density at radius 1 is 1.04 bits per heavy atom. The highest BCUT2D eigenvalue weighted by Crippen LogP contribution is 2.31. The van der Waals surface area contributed by atoms with Gasteiger partial charge in [0.25, 0.3) is 0 Å². The van der Waals surface area contributed by atoms with Gasteiger partial charge in [0.05, 0.1) is 6.10 Å². The fraction of sp³-hybridized carbons (Fsp3) is 0.333. The van der Waals surface area contributed by atoms with Crippen LogP contribution in [-0.4, -0.2) is 47.8 Å². The lowest BCUT2D eigenvalue weighted by Gasteiger charge is -2.29. The van der Waals surface area contributed by atoms with Crippen LogP contribution in [0.15, 0.2) is 48.5 Å². The van der Waals surface area contributed by atoms with Crippen LogP contribution in [0.1, 0.15) is 11.7 Å². The summed E-state index contributed by atoms with van der Waals surface area (Å²) in [4.78, 5) is 2.19. The van der Waals surface area contributed by atoms with Gasteiger partial charge in [0, 0.05) is 38.3 Å². The van der Waals surface area contributed by atoms with Crippen LogP contribution in [0.25, 0.3) is 0 Å². The lowest BCUT2D eigenvalue weighted by atomic mass is 10.1. The number of aliphatic hydroxyl groups is 1. The quantitative estimate of drug-likeness (QED) is 0.789. The Balaban J connectivity index is 1.71. The van der Waals surface area contributed by atoms with Gasteiger partial charge in [0.15, 0.2) is 0 Å². The predicted molar refractivity (Wildman–Crippen MR) is 88.9 cm³/mol. The van der Waals surface area contributed by atoms with Crippen LogP contribution in [0.4, 0.5) is 0 Å². The first-order valence-electron chi connectivity index (χ1n) is 7.89. The molecule has 1 aliphatic rings. The highest BCUT2D eigenvalue weighted by molar-refractivity contribution is 5.42. The summed E-state index contributed by atoms with van der Waals surface area (Å²) in [6.45, 7) is 4.16. The van der Waals surface area contributed by atoms with Gasteiger partial charge in [-0.05, 0) is 30.3 Å². The zero-order valence-corrected chi connectivity index (χ0v) is 13.0. The highest BCUT2D eigenvalue weighted by Gasteiger charge is 2.19. The molecule has 1 fully saturated rings. The number of rotatable bonds is 5. The highest BCUT2D eigenvalue weighted by atomic mass is 16.5. The lowest BCUT2D eigenvalue weighted by Crippen LogP contribution is -2.44. The standard InChI is InChI=1S/C18H22N2O3/c21-17-7-6-15(23-14-4-2-1-3-5-14)12-16(17)18(22)13-20-10-8-19-9-11-20/h1-7,12,18-19,21-22H,8-11,13H2. The molecule has 5 heteroatoms. The van der Waals surface area contributed by atoms with E-state index < -0.39 is 6.10 Å². The number of hydrogen-bond donors (Lipinski definition) is 3. The zero-order chi connectivity index (χ0) is 16.1. The lowest BCUT2D eigenvalue weighted by molar-refractivity contribution is 0.103. The van der Waals surface area contributed by atoms with Crippen molar-refractivity contribution in [1.29, 1.82) is 0 Å². The van der Waals surface area contributed by atoms with Crippen molar-refractivity contribution in [3.05, 3.63) is 54.1 Å². The molecule has 122 valence electrons. The molecule has 0 aromatic heterocycles. The first-order chi connectivity index (χ1) is 11.2. The number of nitrogens with one attached hydrogen (secondary N) is 1. The first kappa shape index (κ1) is 15.8. The van der Waals surface area contributed by atoms with Crippen LogP contribution >= 0.6 is 0 Å².